The summed E-state index contributed by atoms with van der Waals surface area (Å²) >= 11 is 0. The first-order chi connectivity index (χ1) is 9.86. The van der Waals surface area contributed by atoms with E-state index >= 15 is 0 Å². The number of rotatable bonds is 4. The fourth-order valence-corrected chi connectivity index (χ4v) is 2.57. The molecule has 3 aromatic rings. The Morgan fingerprint density at radius 2 is 1.70 bits per heavy atom. The molecule has 1 unspecified atom stereocenters. The highest BCUT2D eigenvalue weighted by Gasteiger charge is 2.10. The molecule has 2 nitrogen and oxygen atoms in total. The SMILES string of the molecule is CNC(Cc1ccncc1)c1ccc2ccccc2c1. The van der Waals surface area contributed by atoms with Crippen molar-refractivity contribution in [1.29, 1.82) is 0 Å². The summed E-state index contributed by atoms with van der Waals surface area (Å²) in [7, 11) is 2.01. The van der Waals surface area contributed by atoms with E-state index in [4.69, 9.17) is 0 Å². The number of nitrogens with one attached hydrogen (secondary N) is 1. The molecule has 0 aliphatic carbocycles. The molecule has 1 N–H and O–H groups in total. The highest BCUT2D eigenvalue weighted by Crippen LogP contribution is 2.22. The Labute approximate surface area is 119 Å². The third kappa shape index (κ3) is 2.70. The van der Waals surface area contributed by atoms with Crippen LogP contribution in [0.4, 0.5) is 0 Å². The number of fused-ring (bicyclic) bond motifs is 1. The quantitative estimate of drug-likeness (QED) is 0.774. The van der Waals surface area contributed by atoms with Crippen molar-refractivity contribution in [3.05, 3.63) is 78.1 Å². The number of aromatic nitrogens is 1. The van der Waals surface area contributed by atoms with Crippen molar-refractivity contribution in [1.82, 2.24) is 10.3 Å². The second kappa shape index (κ2) is 5.85. The maximum atomic E-state index is 4.07. The summed E-state index contributed by atoms with van der Waals surface area (Å²) in [5.41, 5.74) is 2.62. The Morgan fingerprint density at radius 1 is 0.950 bits per heavy atom. The van der Waals surface area contributed by atoms with Crippen LogP contribution in [0, 0.1) is 0 Å². The molecule has 100 valence electrons. The van der Waals surface area contributed by atoms with Crippen molar-refractivity contribution in [3.8, 4) is 0 Å². The van der Waals surface area contributed by atoms with Gasteiger partial charge in [0.25, 0.3) is 0 Å². The van der Waals surface area contributed by atoms with Gasteiger partial charge in [0.2, 0.25) is 0 Å². The van der Waals surface area contributed by atoms with E-state index in [1.165, 1.54) is 21.9 Å². The predicted octanol–water partition coefficient (Wildman–Crippen LogP) is 3.74. The average Bonchev–Trinajstić information content (AvgIpc) is 2.53. The van der Waals surface area contributed by atoms with Crippen LogP contribution in [0.5, 0.6) is 0 Å². The van der Waals surface area contributed by atoms with E-state index < -0.39 is 0 Å². The number of likely N-dealkylation sites (N-methyl/N-ethyl adjacent to an activating group) is 1. The molecule has 0 amide bonds. The average molecular weight is 262 g/mol. The van der Waals surface area contributed by atoms with E-state index in [0.717, 1.165) is 6.42 Å². The van der Waals surface area contributed by atoms with Crippen LogP contribution in [0.2, 0.25) is 0 Å². The number of pyridine rings is 1. The van der Waals surface area contributed by atoms with Crippen LogP contribution >= 0.6 is 0 Å². The molecule has 20 heavy (non-hydrogen) atoms. The maximum absolute atomic E-state index is 4.07. The lowest BCUT2D eigenvalue weighted by Crippen LogP contribution is -2.18. The Hall–Kier alpha value is -2.19. The van der Waals surface area contributed by atoms with Crippen LogP contribution in [-0.4, -0.2) is 12.0 Å². The summed E-state index contributed by atoms with van der Waals surface area (Å²) in [4.78, 5) is 4.07. The van der Waals surface area contributed by atoms with Crippen molar-refractivity contribution in [2.24, 2.45) is 0 Å². The van der Waals surface area contributed by atoms with Gasteiger partial charge in [-0.05, 0) is 53.6 Å². The lowest BCUT2D eigenvalue weighted by Gasteiger charge is -2.17. The van der Waals surface area contributed by atoms with Gasteiger partial charge >= 0.3 is 0 Å². The molecule has 0 spiro atoms. The number of hydrogen-bond donors (Lipinski definition) is 1. The summed E-state index contributed by atoms with van der Waals surface area (Å²) in [5, 5.41) is 5.99. The number of benzene rings is 2. The van der Waals surface area contributed by atoms with Gasteiger partial charge in [-0.3, -0.25) is 4.98 Å². The summed E-state index contributed by atoms with van der Waals surface area (Å²) in [5.74, 6) is 0. The molecule has 0 bridgehead atoms. The predicted molar refractivity (Wildman–Crippen MR) is 83.7 cm³/mol. The summed E-state index contributed by atoms with van der Waals surface area (Å²) in [6.07, 6.45) is 4.67. The molecule has 1 aromatic heterocycles. The van der Waals surface area contributed by atoms with Crippen molar-refractivity contribution in [2.45, 2.75) is 12.5 Å². The molecule has 0 aliphatic rings. The van der Waals surface area contributed by atoms with E-state index in [2.05, 4.69) is 64.9 Å². The first-order valence-electron chi connectivity index (χ1n) is 6.91. The van der Waals surface area contributed by atoms with Gasteiger partial charge in [-0.15, -0.1) is 0 Å². The molecule has 0 radical (unpaired) electrons. The van der Waals surface area contributed by atoms with E-state index in [0.29, 0.717) is 6.04 Å². The molecule has 0 saturated heterocycles. The van der Waals surface area contributed by atoms with E-state index in [1.54, 1.807) is 0 Å². The van der Waals surface area contributed by atoms with Gasteiger partial charge in [0, 0.05) is 18.4 Å². The van der Waals surface area contributed by atoms with E-state index in [-0.39, 0.29) is 0 Å². The first-order valence-corrected chi connectivity index (χ1v) is 6.91. The van der Waals surface area contributed by atoms with Crippen LogP contribution in [0.15, 0.2) is 67.0 Å². The summed E-state index contributed by atoms with van der Waals surface area (Å²) in [6, 6.07) is 19.6. The summed E-state index contributed by atoms with van der Waals surface area (Å²) in [6.45, 7) is 0. The van der Waals surface area contributed by atoms with Crippen molar-refractivity contribution in [2.75, 3.05) is 7.05 Å². The molecular formula is C18H18N2. The highest BCUT2D eigenvalue weighted by molar-refractivity contribution is 5.83. The second-order valence-electron chi connectivity index (χ2n) is 5.01. The Balaban J connectivity index is 1.91. The molecule has 2 heteroatoms. The van der Waals surface area contributed by atoms with Crippen LogP contribution in [-0.2, 0) is 6.42 Å². The Morgan fingerprint density at radius 3 is 2.45 bits per heavy atom. The van der Waals surface area contributed by atoms with Crippen LogP contribution < -0.4 is 5.32 Å². The van der Waals surface area contributed by atoms with Crippen LogP contribution in [0.3, 0.4) is 0 Å². The minimum absolute atomic E-state index is 0.321. The second-order valence-corrected chi connectivity index (χ2v) is 5.01. The number of hydrogen-bond acceptors (Lipinski definition) is 2. The topological polar surface area (TPSA) is 24.9 Å². The largest absolute Gasteiger partial charge is 0.313 e. The molecule has 0 saturated carbocycles. The minimum Gasteiger partial charge on any atom is -0.313 e. The summed E-state index contributed by atoms with van der Waals surface area (Å²) < 4.78 is 0. The normalized spacial score (nSPS) is 12.4. The van der Waals surface area contributed by atoms with Crippen molar-refractivity contribution in [3.63, 3.8) is 0 Å². The standard InChI is InChI=1S/C18H18N2/c1-19-18(12-14-8-10-20-11-9-14)17-7-6-15-4-2-3-5-16(15)13-17/h2-11,13,18-19H,12H2,1H3. The molecule has 3 rings (SSSR count). The maximum Gasteiger partial charge on any atom is 0.0358 e. The van der Waals surface area contributed by atoms with Gasteiger partial charge in [0.1, 0.15) is 0 Å². The zero-order valence-electron chi connectivity index (χ0n) is 11.6. The third-order valence-electron chi connectivity index (χ3n) is 3.71. The van der Waals surface area contributed by atoms with E-state index in [1.807, 2.05) is 19.4 Å². The zero-order chi connectivity index (χ0) is 13.8. The fourth-order valence-electron chi connectivity index (χ4n) is 2.57. The molecule has 0 fully saturated rings. The van der Waals surface area contributed by atoms with Gasteiger partial charge in [0.15, 0.2) is 0 Å². The van der Waals surface area contributed by atoms with Gasteiger partial charge in [-0.25, -0.2) is 0 Å². The Kier molecular flexibility index (Phi) is 3.75. The number of nitrogens with zero attached hydrogens (tertiary/aromatic N) is 1. The lowest BCUT2D eigenvalue weighted by atomic mass is 9.97. The van der Waals surface area contributed by atoms with Crippen molar-refractivity contribution >= 4 is 10.8 Å². The first kappa shape index (κ1) is 12.8. The monoisotopic (exact) mass is 262 g/mol. The van der Waals surface area contributed by atoms with Gasteiger partial charge in [0.05, 0.1) is 0 Å². The van der Waals surface area contributed by atoms with Gasteiger partial charge in [-0.2, -0.15) is 0 Å². The van der Waals surface area contributed by atoms with Gasteiger partial charge < -0.3 is 5.32 Å². The van der Waals surface area contributed by atoms with Crippen molar-refractivity contribution < 1.29 is 0 Å². The molecule has 1 heterocycles. The Bertz CT molecular complexity index is 692. The molecule has 2 aromatic carbocycles. The highest BCUT2D eigenvalue weighted by atomic mass is 14.9. The van der Waals surface area contributed by atoms with Gasteiger partial charge in [-0.1, -0.05) is 36.4 Å². The molecule has 0 aliphatic heterocycles. The smallest absolute Gasteiger partial charge is 0.0358 e. The molecule has 1 atom stereocenters. The minimum atomic E-state index is 0.321. The lowest BCUT2D eigenvalue weighted by molar-refractivity contribution is 0.592. The van der Waals surface area contributed by atoms with E-state index in [9.17, 15) is 0 Å². The van der Waals surface area contributed by atoms with Crippen LogP contribution in [0.25, 0.3) is 10.8 Å². The fraction of sp³-hybridized carbons (Fsp3) is 0.167. The van der Waals surface area contributed by atoms with Crippen LogP contribution in [0.1, 0.15) is 17.2 Å². The molecular weight excluding hydrogens is 244 g/mol. The zero-order valence-corrected chi connectivity index (χ0v) is 11.6. The third-order valence-corrected chi connectivity index (χ3v) is 3.71.